The van der Waals surface area contributed by atoms with Crippen LogP contribution in [0.3, 0.4) is 0 Å². The molecule has 0 fully saturated rings. The average molecular weight is 210 g/mol. The number of hydrogen-bond acceptors (Lipinski definition) is 2. The van der Waals surface area contributed by atoms with E-state index in [1.807, 2.05) is 6.92 Å². The second-order valence-electron chi connectivity index (χ2n) is 2.96. The van der Waals surface area contributed by atoms with Gasteiger partial charge in [0.1, 0.15) is 12.4 Å². The van der Waals surface area contributed by atoms with Gasteiger partial charge in [-0.25, -0.2) is 0 Å². The van der Waals surface area contributed by atoms with E-state index >= 15 is 0 Å². The SMILES string of the molecule is C#CCOc1ccc(Cl)cc1C(C)N. The first kappa shape index (κ1) is 10.9. The Balaban J connectivity index is 2.97. The first-order valence-corrected chi connectivity index (χ1v) is 4.64. The average Bonchev–Trinajstić information content (AvgIpc) is 2.15. The fraction of sp³-hybridized carbons (Fsp3) is 0.273. The molecular formula is C11H12ClNO. The van der Waals surface area contributed by atoms with E-state index < -0.39 is 0 Å². The number of terminal acetylenes is 1. The van der Waals surface area contributed by atoms with Crippen LogP contribution in [0.5, 0.6) is 5.75 Å². The smallest absolute Gasteiger partial charge is 0.148 e. The predicted octanol–water partition coefficient (Wildman–Crippen LogP) is 2.37. The van der Waals surface area contributed by atoms with Gasteiger partial charge in [0.2, 0.25) is 0 Å². The number of hydrogen-bond donors (Lipinski definition) is 1. The van der Waals surface area contributed by atoms with E-state index in [9.17, 15) is 0 Å². The molecule has 1 aromatic carbocycles. The highest BCUT2D eigenvalue weighted by molar-refractivity contribution is 6.30. The molecule has 0 bridgehead atoms. The summed E-state index contributed by atoms with van der Waals surface area (Å²) >= 11 is 5.84. The van der Waals surface area contributed by atoms with Crippen molar-refractivity contribution in [3.05, 3.63) is 28.8 Å². The Kier molecular flexibility index (Phi) is 3.82. The van der Waals surface area contributed by atoms with Gasteiger partial charge in [-0.05, 0) is 25.1 Å². The van der Waals surface area contributed by atoms with Crippen molar-refractivity contribution in [2.75, 3.05) is 6.61 Å². The topological polar surface area (TPSA) is 35.2 Å². The van der Waals surface area contributed by atoms with Gasteiger partial charge in [-0.15, -0.1) is 6.42 Å². The Morgan fingerprint density at radius 1 is 1.64 bits per heavy atom. The number of benzene rings is 1. The fourth-order valence-corrected chi connectivity index (χ4v) is 1.31. The normalized spacial score (nSPS) is 11.9. The van der Waals surface area contributed by atoms with Gasteiger partial charge in [0.25, 0.3) is 0 Å². The molecule has 0 saturated heterocycles. The highest BCUT2D eigenvalue weighted by Crippen LogP contribution is 2.26. The molecule has 1 atom stereocenters. The standard InChI is InChI=1S/C11H12ClNO/c1-3-6-14-11-5-4-9(12)7-10(11)8(2)13/h1,4-5,7-8H,6,13H2,2H3. The number of halogens is 1. The molecule has 14 heavy (non-hydrogen) atoms. The van der Waals surface area contributed by atoms with Crippen LogP contribution in [0.25, 0.3) is 0 Å². The second kappa shape index (κ2) is 4.90. The summed E-state index contributed by atoms with van der Waals surface area (Å²) in [6.45, 7) is 2.11. The maximum absolute atomic E-state index is 5.84. The molecule has 2 nitrogen and oxygen atoms in total. The first-order valence-electron chi connectivity index (χ1n) is 4.26. The first-order chi connectivity index (χ1) is 6.65. The Labute approximate surface area is 89.0 Å². The van der Waals surface area contributed by atoms with Gasteiger partial charge in [0.15, 0.2) is 0 Å². The lowest BCUT2D eigenvalue weighted by Gasteiger charge is -2.12. The Bertz CT molecular complexity index is 355. The molecule has 3 heteroatoms. The molecule has 1 unspecified atom stereocenters. The van der Waals surface area contributed by atoms with Crippen LogP contribution >= 0.6 is 11.6 Å². The molecule has 0 aliphatic heterocycles. The van der Waals surface area contributed by atoms with Crippen LogP contribution in [0.4, 0.5) is 0 Å². The highest BCUT2D eigenvalue weighted by Gasteiger charge is 2.08. The molecule has 1 aromatic rings. The summed E-state index contributed by atoms with van der Waals surface area (Å²) in [4.78, 5) is 0. The largest absolute Gasteiger partial charge is 0.481 e. The third-order valence-corrected chi connectivity index (χ3v) is 2.01. The number of ether oxygens (including phenoxy) is 1. The van der Waals surface area contributed by atoms with Gasteiger partial charge < -0.3 is 10.5 Å². The van der Waals surface area contributed by atoms with Gasteiger partial charge in [-0.1, -0.05) is 17.5 Å². The minimum absolute atomic E-state index is 0.124. The van der Waals surface area contributed by atoms with Gasteiger partial charge in [-0.3, -0.25) is 0 Å². The quantitative estimate of drug-likeness (QED) is 0.776. The summed E-state index contributed by atoms with van der Waals surface area (Å²) in [5.41, 5.74) is 6.63. The maximum Gasteiger partial charge on any atom is 0.148 e. The Hall–Kier alpha value is -1.17. The highest BCUT2D eigenvalue weighted by atomic mass is 35.5. The summed E-state index contributed by atoms with van der Waals surface area (Å²) in [6.07, 6.45) is 5.10. The van der Waals surface area contributed by atoms with Gasteiger partial charge in [0.05, 0.1) is 0 Å². The molecule has 74 valence electrons. The third-order valence-electron chi connectivity index (χ3n) is 1.77. The lowest BCUT2D eigenvalue weighted by atomic mass is 10.1. The second-order valence-corrected chi connectivity index (χ2v) is 3.40. The molecule has 0 heterocycles. The van der Waals surface area contributed by atoms with Crippen LogP contribution in [-0.2, 0) is 0 Å². The van der Waals surface area contributed by atoms with Crippen LogP contribution < -0.4 is 10.5 Å². The summed E-state index contributed by atoms with van der Waals surface area (Å²) in [5, 5.41) is 0.644. The molecule has 0 aliphatic carbocycles. The van der Waals surface area contributed by atoms with Gasteiger partial charge in [-0.2, -0.15) is 0 Å². The van der Waals surface area contributed by atoms with E-state index in [0.29, 0.717) is 10.8 Å². The van der Waals surface area contributed by atoms with Crippen LogP contribution in [0.1, 0.15) is 18.5 Å². The maximum atomic E-state index is 5.84. The van der Waals surface area contributed by atoms with E-state index in [1.165, 1.54) is 0 Å². The van der Waals surface area contributed by atoms with Crippen molar-refractivity contribution in [2.45, 2.75) is 13.0 Å². The van der Waals surface area contributed by atoms with Crippen molar-refractivity contribution < 1.29 is 4.74 Å². The van der Waals surface area contributed by atoms with E-state index in [0.717, 1.165) is 5.56 Å². The van der Waals surface area contributed by atoms with Crippen molar-refractivity contribution in [3.8, 4) is 18.1 Å². The van der Waals surface area contributed by atoms with Crippen molar-refractivity contribution in [2.24, 2.45) is 5.73 Å². The summed E-state index contributed by atoms with van der Waals surface area (Å²) in [7, 11) is 0. The fourth-order valence-electron chi connectivity index (χ4n) is 1.13. The van der Waals surface area contributed by atoms with E-state index in [1.54, 1.807) is 18.2 Å². The molecule has 0 radical (unpaired) electrons. The molecule has 0 saturated carbocycles. The zero-order chi connectivity index (χ0) is 10.6. The summed E-state index contributed by atoms with van der Waals surface area (Å²) in [5.74, 6) is 3.10. The lowest BCUT2D eigenvalue weighted by Crippen LogP contribution is -2.08. The van der Waals surface area contributed by atoms with Crippen molar-refractivity contribution in [3.63, 3.8) is 0 Å². The molecule has 1 rings (SSSR count). The van der Waals surface area contributed by atoms with E-state index in [-0.39, 0.29) is 12.6 Å². The summed E-state index contributed by atoms with van der Waals surface area (Å²) < 4.78 is 5.33. The van der Waals surface area contributed by atoms with Crippen LogP contribution in [-0.4, -0.2) is 6.61 Å². The third kappa shape index (κ3) is 2.66. The summed E-state index contributed by atoms with van der Waals surface area (Å²) in [6, 6.07) is 5.19. The zero-order valence-corrected chi connectivity index (χ0v) is 8.71. The van der Waals surface area contributed by atoms with Crippen LogP contribution in [0.2, 0.25) is 5.02 Å². The Morgan fingerprint density at radius 2 is 2.36 bits per heavy atom. The molecular weight excluding hydrogens is 198 g/mol. The molecule has 0 aromatic heterocycles. The minimum Gasteiger partial charge on any atom is -0.481 e. The van der Waals surface area contributed by atoms with Crippen LogP contribution in [0, 0.1) is 12.3 Å². The van der Waals surface area contributed by atoms with E-state index in [4.69, 9.17) is 28.5 Å². The predicted molar refractivity (Wildman–Crippen MR) is 58.4 cm³/mol. The minimum atomic E-state index is -0.124. The van der Waals surface area contributed by atoms with Gasteiger partial charge in [0, 0.05) is 16.6 Å². The monoisotopic (exact) mass is 209 g/mol. The Morgan fingerprint density at radius 3 is 2.93 bits per heavy atom. The lowest BCUT2D eigenvalue weighted by molar-refractivity contribution is 0.364. The molecule has 0 spiro atoms. The van der Waals surface area contributed by atoms with Crippen molar-refractivity contribution in [1.82, 2.24) is 0 Å². The molecule has 2 N–H and O–H groups in total. The van der Waals surface area contributed by atoms with Gasteiger partial charge >= 0.3 is 0 Å². The molecule has 0 amide bonds. The van der Waals surface area contributed by atoms with Crippen molar-refractivity contribution >= 4 is 11.6 Å². The van der Waals surface area contributed by atoms with E-state index in [2.05, 4.69) is 5.92 Å². The number of nitrogens with two attached hydrogens (primary N) is 1. The zero-order valence-electron chi connectivity index (χ0n) is 7.96. The molecule has 0 aliphatic rings. The van der Waals surface area contributed by atoms with Crippen LogP contribution in [0.15, 0.2) is 18.2 Å². The van der Waals surface area contributed by atoms with Crippen molar-refractivity contribution in [1.29, 1.82) is 0 Å². The number of rotatable bonds is 3.